The third-order valence-electron chi connectivity index (χ3n) is 12.0. The molecule has 3 heterocycles. The van der Waals surface area contributed by atoms with Crippen LogP contribution in [0.1, 0.15) is 79.6 Å². The van der Waals surface area contributed by atoms with Crippen LogP contribution in [-0.2, 0) is 29.1 Å². The summed E-state index contributed by atoms with van der Waals surface area (Å²) in [5, 5.41) is 6.37. The van der Waals surface area contributed by atoms with Crippen LogP contribution in [-0.4, -0.2) is 103 Å². The largest absolute Gasteiger partial charge is 0.497 e. The summed E-state index contributed by atoms with van der Waals surface area (Å²) in [6, 6.07) is 4.03. The molecule has 1 aromatic heterocycles. The number of carbonyl (C=O) groups is 4. The van der Waals surface area contributed by atoms with Crippen molar-refractivity contribution in [3.63, 3.8) is 0 Å². The number of benzene rings is 1. The minimum Gasteiger partial charge on any atom is -0.497 e. The molecule has 7 atom stereocenters. The van der Waals surface area contributed by atoms with Gasteiger partial charge in [0.15, 0.2) is 0 Å². The van der Waals surface area contributed by atoms with E-state index < -0.39 is 85.9 Å². The standard InChI is InChI=1S/C40H52F3N5O10S/c1-22-10-8-9-11-25-20-39(25,35(51)47-59(53,54)38(5)14-15-38)46-32(49)29-19-27(57-33-28-13-12-26(55-6)17-24(28)18-30(44-33)56-7)21-48(29)34(50)31(23(2)16-22)45-36(52)58-37(3,4)40(41,42)43/h9,11-13,17-18,22-23,25,27,29,31H,8,10,14-16,19-21H2,1-7H3,(H,45,52)(H,46,49)(H,47,51)/b11-9-/t22-,23-,25-,27-,29+,31+,39-/m1/s1. The Labute approximate surface area is 341 Å². The summed E-state index contributed by atoms with van der Waals surface area (Å²) in [6.45, 7) is 6.27. The molecule has 4 amide bonds. The number of aromatic nitrogens is 1. The molecule has 4 aliphatic rings. The molecule has 19 heteroatoms. The number of halogens is 3. The highest BCUT2D eigenvalue weighted by Crippen LogP contribution is 2.48. The van der Waals surface area contributed by atoms with Gasteiger partial charge in [0.05, 0.1) is 25.5 Å². The number of hydrogen-bond acceptors (Lipinski definition) is 11. The highest BCUT2D eigenvalue weighted by atomic mass is 32.2. The Morgan fingerprint density at radius 2 is 1.76 bits per heavy atom. The Hall–Kier alpha value is -4.81. The van der Waals surface area contributed by atoms with Crippen LogP contribution in [0.25, 0.3) is 10.8 Å². The quantitative estimate of drug-likeness (QED) is 0.290. The summed E-state index contributed by atoms with van der Waals surface area (Å²) in [5.41, 5.74) is -4.55. The monoisotopic (exact) mass is 851 g/mol. The molecule has 0 radical (unpaired) electrons. The van der Waals surface area contributed by atoms with Crippen LogP contribution in [0.4, 0.5) is 18.0 Å². The lowest BCUT2D eigenvalue weighted by molar-refractivity contribution is -0.244. The maximum atomic E-state index is 14.8. The zero-order chi connectivity index (χ0) is 43.3. The van der Waals surface area contributed by atoms with Crippen molar-refractivity contribution in [2.45, 2.75) is 120 Å². The molecule has 2 aliphatic carbocycles. The number of alkyl halides is 3. The van der Waals surface area contributed by atoms with Gasteiger partial charge < -0.3 is 34.5 Å². The maximum absolute atomic E-state index is 14.8. The molecule has 1 aromatic carbocycles. The molecule has 6 rings (SSSR count). The van der Waals surface area contributed by atoms with Crippen molar-refractivity contribution in [2.75, 3.05) is 20.8 Å². The molecule has 0 unspecified atom stereocenters. The molecular weight excluding hydrogens is 800 g/mol. The van der Waals surface area contributed by atoms with E-state index in [2.05, 4.69) is 20.3 Å². The number of amides is 4. The summed E-state index contributed by atoms with van der Waals surface area (Å²) >= 11 is 0. The van der Waals surface area contributed by atoms with E-state index in [0.29, 0.717) is 62.5 Å². The molecule has 3 N–H and O–H groups in total. The number of carbonyl (C=O) groups excluding carboxylic acids is 4. The number of fused-ring (bicyclic) bond motifs is 3. The van der Waals surface area contributed by atoms with Crippen molar-refractivity contribution in [3.8, 4) is 17.5 Å². The minimum absolute atomic E-state index is 0.0487. The predicted molar refractivity (Wildman–Crippen MR) is 208 cm³/mol. The number of methoxy groups -OCH3 is 2. The van der Waals surface area contributed by atoms with Crippen LogP contribution in [0.15, 0.2) is 36.4 Å². The second kappa shape index (κ2) is 16.0. The van der Waals surface area contributed by atoms with E-state index in [0.717, 1.165) is 0 Å². The fourth-order valence-corrected chi connectivity index (χ4v) is 9.01. The maximum Gasteiger partial charge on any atom is 0.427 e. The normalized spacial score (nSPS) is 29.1. The van der Waals surface area contributed by atoms with Crippen LogP contribution in [0.5, 0.6) is 17.5 Å². The lowest BCUT2D eigenvalue weighted by atomic mass is 9.88. The Balaban J connectivity index is 1.37. The van der Waals surface area contributed by atoms with Crippen LogP contribution < -0.4 is 29.6 Å². The Morgan fingerprint density at radius 1 is 1.05 bits per heavy atom. The summed E-state index contributed by atoms with van der Waals surface area (Å²) in [7, 11) is -1.15. The number of sulfonamides is 1. The first-order valence-electron chi connectivity index (χ1n) is 19.6. The van der Waals surface area contributed by atoms with Crippen molar-refractivity contribution in [2.24, 2.45) is 17.8 Å². The zero-order valence-electron chi connectivity index (χ0n) is 34.1. The van der Waals surface area contributed by atoms with Gasteiger partial charge in [-0.1, -0.05) is 26.0 Å². The molecule has 2 aromatic rings. The van der Waals surface area contributed by atoms with Gasteiger partial charge in [0.1, 0.15) is 29.5 Å². The smallest absolute Gasteiger partial charge is 0.427 e. The highest BCUT2D eigenvalue weighted by Gasteiger charge is 2.63. The molecule has 2 aliphatic heterocycles. The summed E-state index contributed by atoms with van der Waals surface area (Å²) in [5.74, 6) is -2.90. The van der Waals surface area contributed by atoms with Gasteiger partial charge in [-0.05, 0) is 94.7 Å². The lowest BCUT2D eigenvalue weighted by Gasteiger charge is -2.34. The Bertz CT molecular complexity index is 2120. The Morgan fingerprint density at radius 3 is 2.41 bits per heavy atom. The third-order valence-corrected chi connectivity index (χ3v) is 14.2. The number of nitrogens with one attached hydrogen (secondary N) is 3. The number of alkyl carbamates (subject to hydrolysis) is 1. The summed E-state index contributed by atoms with van der Waals surface area (Å²) in [4.78, 5) is 62.1. The number of hydrogen-bond donors (Lipinski definition) is 3. The zero-order valence-corrected chi connectivity index (χ0v) is 34.9. The first-order chi connectivity index (χ1) is 27.5. The average Bonchev–Trinajstić information content (AvgIpc) is 4.04. The van der Waals surface area contributed by atoms with Gasteiger partial charge in [-0.15, -0.1) is 0 Å². The number of nitrogens with zero attached hydrogens (tertiary/aromatic N) is 2. The second-order valence-electron chi connectivity index (χ2n) is 17.0. The van der Waals surface area contributed by atoms with Gasteiger partial charge in [0.25, 0.3) is 5.91 Å². The van der Waals surface area contributed by atoms with Gasteiger partial charge in [-0.3, -0.25) is 19.1 Å². The topological polar surface area (TPSA) is 192 Å². The van der Waals surface area contributed by atoms with E-state index in [4.69, 9.17) is 18.9 Å². The van der Waals surface area contributed by atoms with E-state index >= 15 is 0 Å². The van der Waals surface area contributed by atoms with Crippen molar-refractivity contribution < 1.29 is 59.7 Å². The van der Waals surface area contributed by atoms with Crippen molar-refractivity contribution >= 4 is 44.6 Å². The van der Waals surface area contributed by atoms with E-state index in [1.807, 2.05) is 13.0 Å². The number of ether oxygens (including phenoxy) is 4. The van der Waals surface area contributed by atoms with E-state index in [1.165, 1.54) is 26.0 Å². The van der Waals surface area contributed by atoms with Crippen LogP contribution >= 0.6 is 0 Å². The van der Waals surface area contributed by atoms with Crippen LogP contribution in [0.2, 0.25) is 0 Å². The fourth-order valence-electron chi connectivity index (χ4n) is 7.70. The molecule has 15 nitrogen and oxygen atoms in total. The van der Waals surface area contributed by atoms with Gasteiger partial charge in [-0.2, -0.15) is 18.2 Å². The van der Waals surface area contributed by atoms with Crippen molar-refractivity contribution in [3.05, 3.63) is 36.4 Å². The van der Waals surface area contributed by atoms with Gasteiger partial charge >= 0.3 is 12.3 Å². The molecule has 0 spiro atoms. The van der Waals surface area contributed by atoms with Gasteiger partial charge in [0, 0.05) is 23.8 Å². The molecule has 1 saturated heterocycles. The predicted octanol–water partition coefficient (Wildman–Crippen LogP) is 4.92. The highest BCUT2D eigenvalue weighted by molar-refractivity contribution is 7.91. The molecule has 59 heavy (non-hydrogen) atoms. The first-order valence-corrected chi connectivity index (χ1v) is 21.1. The SMILES string of the molecule is COc1ccc2c(O[C@@H]3C[C@H]4C(=O)N[C@]5(C(=O)NS(=O)(=O)C6(C)CC6)C[C@H]5/C=C\CC[C@@H](C)C[C@@H](C)[C@H](NC(=O)OC(C)(C)C(F)(F)F)C(=O)N4C3)nc(OC)cc2c1. The minimum atomic E-state index is -4.92. The number of rotatable bonds is 9. The number of allylic oxidation sites excluding steroid dienone is 1. The van der Waals surface area contributed by atoms with E-state index in [-0.39, 0.29) is 37.1 Å². The Kier molecular flexibility index (Phi) is 11.9. The summed E-state index contributed by atoms with van der Waals surface area (Å²) < 4.78 is 90.8. The van der Waals surface area contributed by atoms with Gasteiger partial charge in [-0.25, -0.2) is 13.2 Å². The van der Waals surface area contributed by atoms with Gasteiger partial charge in [0.2, 0.25) is 39.2 Å². The van der Waals surface area contributed by atoms with Crippen molar-refractivity contribution in [1.29, 1.82) is 0 Å². The second-order valence-corrected chi connectivity index (χ2v) is 19.2. The third kappa shape index (κ3) is 9.04. The van der Waals surface area contributed by atoms with E-state index in [1.54, 1.807) is 37.3 Å². The fraction of sp³-hybridized carbons (Fsp3) is 0.625. The van der Waals surface area contributed by atoms with Crippen LogP contribution in [0, 0.1) is 17.8 Å². The lowest BCUT2D eigenvalue weighted by Crippen LogP contribution is -2.59. The van der Waals surface area contributed by atoms with Crippen LogP contribution in [0.3, 0.4) is 0 Å². The first kappa shape index (κ1) is 43.8. The molecule has 324 valence electrons. The average molecular weight is 852 g/mol. The van der Waals surface area contributed by atoms with Crippen molar-refractivity contribution in [1.82, 2.24) is 25.2 Å². The molecule has 2 saturated carbocycles. The summed E-state index contributed by atoms with van der Waals surface area (Å²) in [6.07, 6.45) is -1.50. The number of pyridine rings is 1. The van der Waals surface area contributed by atoms with E-state index in [9.17, 15) is 40.8 Å². The molecule has 0 bridgehead atoms. The molecular formula is C40H52F3N5O10S. The molecule has 3 fully saturated rings.